The predicted molar refractivity (Wildman–Crippen MR) is 70.8 cm³/mol. The predicted octanol–water partition coefficient (Wildman–Crippen LogP) is 1.58. The van der Waals surface area contributed by atoms with E-state index < -0.39 is 16.4 Å². The molecule has 0 aliphatic carbocycles. The summed E-state index contributed by atoms with van der Waals surface area (Å²) < 4.78 is 22.4. The van der Waals surface area contributed by atoms with E-state index in [1.807, 2.05) is 0 Å². The summed E-state index contributed by atoms with van der Waals surface area (Å²) in [7, 11) is 2.51. The van der Waals surface area contributed by atoms with Crippen LogP contribution >= 0.6 is 0 Å². The van der Waals surface area contributed by atoms with Crippen LogP contribution in [0.25, 0.3) is 0 Å². The lowest BCUT2D eigenvalue weighted by Gasteiger charge is -2.43. The number of methoxy groups -OCH3 is 2. The molecule has 0 saturated carbocycles. The highest BCUT2D eigenvalue weighted by Gasteiger charge is 2.45. The summed E-state index contributed by atoms with van der Waals surface area (Å²) in [6, 6.07) is 0. The van der Waals surface area contributed by atoms with Crippen LogP contribution in [0.4, 0.5) is 0 Å². The van der Waals surface area contributed by atoms with Gasteiger partial charge in [-0.1, -0.05) is 6.42 Å². The Bertz CT molecular complexity index is 287. The molecule has 2 rings (SSSR count). The van der Waals surface area contributed by atoms with E-state index in [1.54, 1.807) is 14.2 Å². The van der Waals surface area contributed by atoms with Crippen LogP contribution in [0.15, 0.2) is 0 Å². The number of hydrogen-bond acceptors (Lipinski definition) is 4. The maximum absolute atomic E-state index is 12.1. The first kappa shape index (κ1) is 14.4. The molecule has 4 nitrogen and oxygen atoms in total. The summed E-state index contributed by atoms with van der Waals surface area (Å²) in [5.41, 5.74) is -0.668. The molecule has 2 bridgehead atoms. The van der Waals surface area contributed by atoms with Crippen molar-refractivity contribution in [3.05, 3.63) is 0 Å². The van der Waals surface area contributed by atoms with Gasteiger partial charge < -0.3 is 14.6 Å². The SMILES string of the molecule is COC(CCC1(O)CC2CCCC(C1)S2=O)OC. The maximum atomic E-state index is 12.1. The Labute approximate surface area is 112 Å². The zero-order chi connectivity index (χ0) is 13.2. The van der Waals surface area contributed by atoms with E-state index in [9.17, 15) is 9.32 Å². The van der Waals surface area contributed by atoms with Gasteiger partial charge in [-0.05, 0) is 32.1 Å². The Morgan fingerprint density at radius 2 is 1.83 bits per heavy atom. The molecular formula is C13H24O4S. The van der Waals surface area contributed by atoms with E-state index in [2.05, 4.69) is 0 Å². The third-order valence-corrected chi connectivity index (χ3v) is 6.41. The summed E-state index contributed by atoms with van der Waals surface area (Å²) in [6.07, 6.45) is 5.63. The molecule has 106 valence electrons. The summed E-state index contributed by atoms with van der Waals surface area (Å²) in [6.45, 7) is 0. The largest absolute Gasteiger partial charge is 0.390 e. The van der Waals surface area contributed by atoms with Gasteiger partial charge in [0.05, 0.1) is 5.60 Å². The molecule has 2 aliphatic rings. The number of rotatable bonds is 5. The van der Waals surface area contributed by atoms with Crippen molar-refractivity contribution < 1.29 is 18.8 Å². The minimum atomic E-state index is -0.723. The Balaban J connectivity index is 1.93. The molecule has 2 heterocycles. The second-order valence-electron chi connectivity index (χ2n) is 5.58. The van der Waals surface area contributed by atoms with Gasteiger partial charge in [-0.25, -0.2) is 0 Å². The lowest BCUT2D eigenvalue weighted by atomic mass is 9.82. The zero-order valence-corrected chi connectivity index (χ0v) is 12.1. The molecule has 2 unspecified atom stereocenters. The average molecular weight is 276 g/mol. The Morgan fingerprint density at radius 1 is 1.28 bits per heavy atom. The van der Waals surface area contributed by atoms with Gasteiger partial charge in [0.25, 0.3) is 0 Å². The van der Waals surface area contributed by atoms with Crippen molar-refractivity contribution in [3.8, 4) is 0 Å². The first-order valence-electron chi connectivity index (χ1n) is 6.75. The monoisotopic (exact) mass is 276 g/mol. The quantitative estimate of drug-likeness (QED) is 0.775. The fraction of sp³-hybridized carbons (Fsp3) is 1.00. The molecule has 18 heavy (non-hydrogen) atoms. The second kappa shape index (κ2) is 5.99. The van der Waals surface area contributed by atoms with Crippen molar-refractivity contribution in [1.82, 2.24) is 0 Å². The maximum Gasteiger partial charge on any atom is 0.156 e. The van der Waals surface area contributed by atoms with Crippen LogP contribution in [0.5, 0.6) is 0 Å². The summed E-state index contributed by atoms with van der Waals surface area (Å²) in [5, 5.41) is 11.1. The van der Waals surface area contributed by atoms with Crippen molar-refractivity contribution >= 4 is 10.8 Å². The van der Waals surface area contributed by atoms with Crippen LogP contribution in [0.1, 0.15) is 44.9 Å². The molecule has 2 fully saturated rings. The van der Waals surface area contributed by atoms with E-state index in [4.69, 9.17) is 9.47 Å². The average Bonchev–Trinajstić information content (AvgIpc) is 2.33. The van der Waals surface area contributed by atoms with Crippen LogP contribution in [0.3, 0.4) is 0 Å². The molecule has 5 heteroatoms. The Morgan fingerprint density at radius 3 is 2.33 bits per heavy atom. The first-order chi connectivity index (χ1) is 8.58. The Kier molecular flexibility index (Phi) is 4.80. The second-order valence-corrected chi connectivity index (χ2v) is 7.57. The smallest absolute Gasteiger partial charge is 0.156 e. The summed E-state index contributed by atoms with van der Waals surface area (Å²) >= 11 is 0. The number of aliphatic hydroxyl groups is 1. The molecule has 2 aliphatic heterocycles. The number of fused-ring (bicyclic) bond motifs is 2. The molecule has 0 spiro atoms. The fourth-order valence-corrected chi connectivity index (χ4v) is 5.59. The van der Waals surface area contributed by atoms with Crippen LogP contribution < -0.4 is 0 Å². The van der Waals surface area contributed by atoms with Crippen molar-refractivity contribution in [2.75, 3.05) is 14.2 Å². The van der Waals surface area contributed by atoms with Crippen LogP contribution in [-0.2, 0) is 20.3 Å². The van der Waals surface area contributed by atoms with Crippen molar-refractivity contribution in [3.63, 3.8) is 0 Å². The molecule has 1 N–H and O–H groups in total. The molecule has 0 amide bonds. The van der Waals surface area contributed by atoms with E-state index in [0.717, 1.165) is 19.3 Å². The lowest BCUT2D eigenvalue weighted by molar-refractivity contribution is -0.119. The molecule has 0 radical (unpaired) electrons. The molecule has 2 saturated heterocycles. The van der Waals surface area contributed by atoms with Gasteiger partial charge in [-0.15, -0.1) is 0 Å². The number of hydrogen-bond donors (Lipinski definition) is 1. The van der Waals surface area contributed by atoms with Gasteiger partial charge in [-0.2, -0.15) is 0 Å². The fourth-order valence-electron chi connectivity index (χ4n) is 3.30. The van der Waals surface area contributed by atoms with Gasteiger partial charge in [0.1, 0.15) is 0 Å². The third kappa shape index (κ3) is 3.13. The topological polar surface area (TPSA) is 55.8 Å². The molecule has 0 aromatic heterocycles. The van der Waals surface area contributed by atoms with E-state index in [0.29, 0.717) is 25.7 Å². The van der Waals surface area contributed by atoms with Gasteiger partial charge in [0, 0.05) is 41.9 Å². The Hall–Kier alpha value is 0.0300. The number of ether oxygens (including phenoxy) is 2. The first-order valence-corrected chi connectivity index (χ1v) is 8.03. The molecule has 0 aromatic rings. The molecule has 2 atom stereocenters. The van der Waals surface area contributed by atoms with E-state index in [-0.39, 0.29) is 16.8 Å². The van der Waals surface area contributed by atoms with Crippen LogP contribution in [-0.4, -0.2) is 45.9 Å². The van der Waals surface area contributed by atoms with Gasteiger partial charge in [-0.3, -0.25) is 4.21 Å². The van der Waals surface area contributed by atoms with Gasteiger partial charge >= 0.3 is 0 Å². The molecular weight excluding hydrogens is 252 g/mol. The molecule has 0 aromatic carbocycles. The summed E-state index contributed by atoms with van der Waals surface area (Å²) in [5.74, 6) is 0. The lowest BCUT2D eigenvalue weighted by Crippen LogP contribution is -2.49. The zero-order valence-electron chi connectivity index (χ0n) is 11.3. The van der Waals surface area contributed by atoms with Gasteiger partial charge in [0.2, 0.25) is 0 Å². The standard InChI is InChI=1S/C13H24O4S/c1-16-12(17-2)6-7-13(14)8-10-4-3-5-11(9-13)18(10)15/h10-12,14H,3-9H2,1-2H3. The van der Waals surface area contributed by atoms with E-state index >= 15 is 0 Å². The van der Waals surface area contributed by atoms with Crippen molar-refractivity contribution in [2.24, 2.45) is 0 Å². The minimum absolute atomic E-state index is 0.200. The summed E-state index contributed by atoms with van der Waals surface area (Å²) in [4.78, 5) is 0. The van der Waals surface area contributed by atoms with Crippen LogP contribution in [0.2, 0.25) is 0 Å². The van der Waals surface area contributed by atoms with Gasteiger partial charge in [0.15, 0.2) is 6.29 Å². The third-order valence-electron chi connectivity index (χ3n) is 4.30. The highest BCUT2D eigenvalue weighted by Crippen LogP contribution is 2.41. The highest BCUT2D eigenvalue weighted by molar-refractivity contribution is 7.86. The van der Waals surface area contributed by atoms with E-state index in [1.165, 1.54) is 0 Å². The normalized spacial score (nSPS) is 40.1. The van der Waals surface area contributed by atoms with Crippen molar-refractivity contribution in [1.29, 1.82) is 0 Å². The highest BCUT2D eigenvalue weighted by atomic mass is 32.2. The van der Waals surface area contributed by atoms with Crippen molar-refractivity contribution in [2.45, 2.75) is 67.3 Å². The minimum Gasteiger partial charge on any atom is -0.390 e. The van der Waals surface area contributed by atoms with Crippen LogP contribution in [0, 0.1) is 0 Å².